The Balaban J connectivity index is 1.15. The van der Waals surface area contributed by atoms with Crippen molar-refractivity contribution in [2.45, 2.75) is 55.3 Å². The van der Waals surface area contributed by atoms with Crippen LogP contribution in [0.2, 0.25) is 0 Å². The molecule has 38 heavy (non-hydrogen) atoms. The van der Waals surface area contributed by atoms with Crippen molar-refractivity contribution < 1.29 is 4.79 Å². The number of amides is 1. The molecule has 0 spiro atoms. The van der Waals surface area contributed by atoms with Crippen LogP contribution in [0.3, 0.4) is 0 Å². The van der Waals surface area contributed by atoms with E-state index in [-0.39, 0.29) is 17.2 Å². The summed E-state index contributed by atoms with van der Waals surface area (Å²) < 4.78 is 0. The van der Waals surface area contributed by atoms with Gasteiger partial charge in [-0.15, -0.1) is 0 Å². The highest BCUT2D eigenvalue weighted by molar-refractivity contribution is 5.98. The zero-order chi connectivity index (χ0) is 25.6. The van der Waals surface area contributed by atoms with Gasteiger partial charge in [0.1, 0.15) is 0 Å². The molecule has 190 valence electrons. The highest BCUT2D eigenvalue weighted by Crippen LogP contribution is 2.66. The van der Waals surface area contributed by atoms with Crippen molar-refractivity contribution in [3.63, 3.8) is 0 Å². The van der Waals surface area contributed by atoms with Crippen LogP contribution in [0, 0.1) is 11.8 Å². The first-order valence-electron chi connectivity index (χ1n) is 14.2. The third kappa shape index (κ3) is 4.07. The summed E-state index contributed by atoms with van der Waals surface area (Å²) in [4.78, 5) is 13.6. The maximum Gasteiger partial charge on any atom is 0.236 e. The van der Waals surface area contributed by atoms with E-state index in [1.807, 2.05) is 60.7 Å². The van der Waals surface area contributed by atoms with Crippen molar-refractivity contribution >= 4 is 11.6 Å². The first-order valence-corrected chi connectivity index (χ1v) is 14.2. The monoisotopic (exact) mass is 497 g/mol. The lowest BCUT2D eigenvalue weighted by atomic mass is 9.42. The molecule has 4 fully saturated rings. The van der Waals surface area contributed by atoms with Crippen molar-refractivity contribution in [3.8, 4) is 0 Å². The van der Waals surface area contributed by atoms with Crippen molar-refractivity contribution in [1.82, 2.24) is 0 Å². The first kappa shape index (κ1) is 23.5. The fourth-order valence-corrected chi connectivity index (χ4v) is 8.64. The smallest absolute Gasteiger partial charge is 0.236 e. The number of hydrogen-bond acceptors (Lipinski definition) is 1. The molecule has 4 aromatic rings. The van der Waals surface area contributed by atoms with Gasteiger partial charge in [0.15, 0.2) is 0 Å². The standard InChI is InChI=1S/C36H35NO/c38-34(33(28-10-4-1-5-11-28)29-12-6-2-7-13-29)37-32-18-16-31(17-19-32)36-23-26-20-27(24-36)22-35(21-26,25-36)30-14-8-3-9-15-30/h1-19,26-27,33H,20-25H2,(H,37,38)/t26-,27-,35?,36?/m0/s1. The quantitative estimate of drug-likeness (QED) is 0.285. The van der Waals surface area contributed by atoms with Crippen LogP contribution in [0.15, 0.2) is 115 Å². The summed E-state index contributed by atoms with van der Waals surface area (Å²) in [6.45, 7) is 0. The molecule has 0 aliphatic heterocycles. The second-order valence-electron chi connectivity index (χ2n) is 12.2. The third-order valence-corrected chi connectivity index (χ3v) is 9.74. The van der Waals surface area contributed by atoms with Crippen LogP contribution in [-0.2, 0) is 15.6 Å². The lowest BCUT2D eigenvalue weighted by molar-refractivity contribution is -0.116. The highest BCUT2D eigenvalue weighted by atomic mass is 16.1. The number of carbonyl (C=O) groups excluding carboxylic acids is 1. The predicted molar refractivity (Wildman–Crippen MR) is 154 cm³/mol. The van der Waals surface area contributed by atoms with E-state index in [9.17, 15) is 4.79 Å². The molecule has 4 aliphatic rings. The molecule has 0 radical (unpaired) electrons. The number of carbonyl (C=O) groups is 1. The van der Waals surface area contributed by atoms with E-state index in [0.29, 0.717) is 5.41 Å². The fourth-order valence-electron chi connectivity index (χ4n) is 8.64. The van der Waals surface area contributed by atoms with Crippen LogP contribution in [0.5, 0.6) is 0 Å². The molecule has 0 saturated heterocycles. The van der Waals surface area contributed by atoms with E-state index >= 15 is 0 Å². The van der Waals surface area contributed by atoms with Crippen LogP contribution in [0.4, 0.5) is 5.69 Å². The third-order valence-electron chi connectivity index (χ3n) is 9.74. The van der Waals surface area contributed by atoms with Crippen LogP contribution < -0.4 is 5.32 Å². The second-order valence-corrected chi connectivity index (χ2v) is 12.2. The lowest BCUT2D eigenvalue weighted by Gasteiger charge is -2.62. The minimum absolute atomic E-state index is 0.00739. The van der Waals surface area contributed by atoms with E-state index in [1.54, 1.807) is 5.56 Å². The Morgan fingerprint density at radius 1 is 0.605 bits per heavy atom. The second kappa shape index (κ2) is 9.27. The zero-order valence-electron chi connectivity index (χ0n) is 21.9. The molecule has 2 heteroatoms. The van der Waals surface area contributed by atoms with Gasteiger partial charge in [-0.25, -0.2) is 0 Å². The maximum absolute atomic E-state index is 13.6. The lowest BCUT2D eigenvalue weighted by Crippen LogP contribution is -2.55. The molecule has 2 nitrogen and oxygen atoms in total. The Hall–Kier alpha value is -3.65. The predicted octanol–water partition coefficient (Wildman–Crippen LogP) is 8.25. The molecule has 1 N–H and O–H groups in total. The van der Waals surface area contributed by atoms with Crippen LogP contribution >= 0.6 is 0 Å². The van der Waals surface area contributed by atoms with E-state index < -0.39 is 0 Å². The molecular formula is C36H35NO. The Morgan fingerprint density at radius 3 is 1.55 bits per heavy atom. The molecule has 4 aliphatic carbocycles. The van der Waals surface area contributed by atoms with Crippen molar-refractivity contribution in [2.75, 3.05) is 5.32 Å². The van der Waals surface area contributed by atoms with Gasteiger partial charge in [-0.3, -0.25) is 4.79 Å². The normalized spacial score (nSPS) is 27.4. The van der Waals surface area contributed by atoms with Crippen LogP contribution in [-0.4, -0.2) is 5.91 Å². The van der Waals surface area contributed by atoms with Gasteiger partial charge in [-0.2, -0.15) is 0 Å². The van der Waals surface area contributed by atoms with E-state index in [1.165, 1.54) is 44.1 Å². The number of rotatable bonds is 6. The molecule has 0 heterocycles. The summed E-state index contributed by atoms with van der Waals surface area (Å²) in [6.07, 6.45) is 7.99. The van der Waals surface area contributed by atoms with Gasteiger partial charge in [0.25, 0.3) is 0 Å². The molecular weight excluding hydrogens is 462 g/mol. The minimum Gasteiger partial charge on any atom is -0.325 e. The van der Waals surface area contributed by atoms with E-state index in [0.717, 1.165) is 28.7 Å². The summed E-state index contributed by atoms with van der Waals surface area (Å²) in [7, 11) is 0. The molecule has 2 atom stereocenters. The van der Waals surface area contributed by atoms with Crippen molar-refractivity contribution in [1.29, 1.82) is 0 Å². The average molecular weight is 498 g/mol. The van der Waals surface area contributed by atoms with Crippen molar-refractivity contribution in [2.24, 2.45) is 11.8 Å². The number of nitrogens with one attached hydrogen (secondary N) is 1. The fraction of sp³-hybridized carbons (Fsp3) is 0.306. The highest BCUT2D eigenvalue weighted by Gasteiger charge is 2.58. The van der Waals surface area contributed by atoms with Crippen LogP contribution in [0.25, 0.3) is 0 Å². The Labute approximate surface area is 226 Å². The Kier molecular flexibility index (Phi) is 5.73. The Bertz CT molecular complexity index is 1360. The van der Waals surface area contributed by atoms with Gasteiger partial charge in [0.05, 0.1) is 5.92 Å². The number of benzene rings is 4. The topological polar surface area (TPSA) is 29.1 Å². The molecule has 0 aromatic heterocycles. The van der Waals surface area contributed by atoms with Gasteiger partial charge >= 0.3 is 0 Å². The molecule has 1 amide bonds. The number of hydrogen-bond donors (Lipinski definition) is 1. The van der Waals surface area contributed by atoms with Gasteiger partial charge < -0.3 is 5.32 Å². The molecule has 4 bridgehead atoms. The van der Waals surface area contributed by atoms with Crippen LogP contribution in [0.1, 0.15) is 66.7 Å². The molecule has 4 aromatic carbocycles. The first-order chi connectivity index (χ1) is 18.6. The average Bonchev–Trinajstić information content (AvgIpc) is 2.94. The summed E-state index contributed by atoms with van der Waals surface area (Å²) >= 11 is 0. The molecule has 4 saturated carbocycles. The molecule has 0 unspecified atom stereocenters. The largest absolute Gasteiger partial charge is 0.325 e. The summed E-state index contributed by atoms with van der Waals surface area (Å²) in [5.74, 6) is 1.32. The van der Waals surface area contributed by atoms with E-state index in [2.05, 4.69) is 59.9 Å². The zero-order valence-corrected chi connectivity index (χ0v) is 21.9. The molecule has 8 rings (SSSR count). The van der Waals surface area contributed by atoms with Crippen molar-refractivity contribution in [3.05, 3.63) is 138 Å². The Morgan fingerprint density at radius 2 is 1.05 bits per heavy atom. The maximum atomic E-state index is 13.6. The number of anilines is 1. The van der Waals surface area contributed by atoms with E-state index in [4.69, 9.17) is 0 Å². The minimum atomic E-state index is -0.342. The summed E-state index contributed by atoms with van der Waals surface area (Å²) in [5.41, 5.74) is 6.50. The summed E-state index contributed by atoms with van der Waals surface area (Å²) in [6, 6.07) is 40.3. The SMILES string of the molecule is O=C(Nc1ccc(C23C[C@H]4C[C@@H](CC(c5ccccc5)(C4)C2)C3)cc1)C(c1ccccc1)c1ccccc1. The summed E-state index contributed by atoms with van der Waals surface area (Å²) in [5, 5.41) is 3.23. The van der Waals surface area contributed by atoms with Gasteiger partial charge in [0.2, 0.25) is 5.91 Å². The van der Waals surface area contributed by atoms with Gasteiger partial charge in [-0.1, -0.05) is 103 Å². The van der Waals surface area contributed by atoms with Gasteiger partial charge in [0, 0.05) is 5.69 Å². The van der Waals surface area contributed by atoms with Gasteiger partial charge in [-0.05, 0) is 95.6 Å².